The molecule has 0 radical (unpaired) electrons. The van der Waals surface area contributed by atoms with Crippen LogP contribution in [0, 0.1) is 18.3 Å². The Balaban J connectivity index is 1.80. The minimum atomic E-state index is -4.70. The molecule has 10 heteroatoms. The van der Waals surface area contributed by atoms with E-state index in [1.165, 1.54) is 18.3 Å². The molecular weight excluding hydrogens is 373 g/mol. The summed E-state index contributed by atoms with van der Waals surface area (Å²) in [4.78, 5) is 15.7. The van der Waals surface area contributed by atoms with Gasteiger partial charge in [0.2, 0.25) is 5.82 Å². The first-order valence-corrected chi connectivity index (χ1v) is 8.13. The number of benzene rings is 1. The molecule has 144 valence electrons. The second-order valence-corrected chi connectivity index (χ2v) is 6.04. The SMILES string of the molecule is Cc1c(/C=N\NC(=O)Cn2c(C(F)(F)F)nc3ccccc32)cc(C#N)n1C. The summed E-state index contributed by atoms with van der Waals surface area (Å²) in [5.41, 5.74) is 4.35. The number of alkyl halides is 3. The van der Waals surface area contributed by atoms with Gasteiger partial charge in [-0.15, -0.1) is 0 Å². The Labute approximate surface area is 157 Å². The Morgan fingerprint density at radius 1 is 1.39 bits per heavy atom. The molecule has 7 nitrogen and oxygen atoms in total. The highest BCUT2D eigenvalue weighted by atomic mass is 19.4. The zero-order valence-corrected chi connectivity index (χ0v) is 14.9. The molecule has 3 aromatic rings. The van der Waals surface area contributed by atoms with Gasteiger partial charge in [-0.05, 0) is 25.1 Å². The molecule has 1 N–H and O–H groups in total. The topological polar surface area (TPSA) is 88.0 Å². The highest BCUT2D eigenvalue weighted by Crippen LogP contribution is 2.31. The Morgan fingerprint density at radius 3 is 2.75 bits per heavy atom. The van der Waals surface area contributed by atoms with Crippen molar-refractivity contribution in [2.45, 2.75) is 19.6 Å². The van der Waals surface area contributed by atoms with Crippen molar-refractivity contribution in [2.75, 3.05) is 0 Å². The van der Waals surface area contributed by atoms with Gasteiger partial charge in [0.25, 0.3) is 5.91 Å². The fourth-order valence-electron chi connectivity index (χ4n) is 2.77. The van der Waals surface area contributed by atoms with E-state index >= 15 is 0 Å². The molecule has 0 aliphatic rings. The number of amides is 1. The molecule has 0 aliphatic heterocycles. The fourth-order valence-corrected chi connectivity index (χ4v) is 2.77. The van der Waals surface area contributed by atoms with Crippen molar-refractivity contribution in [2.24, 2.45) is 12.1 Å². The number of nitrogens with one attached hydrogen (secondary N) is 1. The summed E-state index contributed by atoms with van der Waals surface area (Å²) in [7, 11) is 1.71. The van der Waals surface area contributed by atoms with Gasteiger partial charge in [-0.3, -0.25) is 4.79 Å². The van der Waals surface area contributed by atoms with E-state index in [2.05, 4.69) is 15.5 Å². The first kappa shape index (κ1) is 19.2. The Morgan fingerprint density at radius 2 is 2.11 bits per heavy atom. The van der Waals surface area contributed by atoms with Crippen LogP contribution >= 0.6 is 0 Å². The second-order valence-electron chi connectivity index (χ2n) is 6.04. The third-order valence-corrected chi connectivity index (χ3v) is 4.29. The third-order valence-electron chi connectivity index (χ3n) is 4.29. The number of carbonyl (C=O) groups is 1. The summed E-state index contributed by atoms with van der Waals surface area (Å²) in [5.74, 6) is -1.88. The molecule has 0 saturated heterocycles. The lowest BCUT2D eigenvalue weighted by atomic mass is 10.3. The van der Waals surface area contributed by atoms with E-state index in [9.17, 15) is 18.0 Å². The zero-order chi connectivity index (χ0) is 20.5. The molecule has 1 aromatic carbocycles. The standard InChI is InChI=1S/C18H15F3N6O/c1-11-12(7-13(8-22)26(11)2)9-23-25-16(28)10-27-15-6-4-3-5-14(15)24-17(27)18(19,20)21/h3-7,9H,10H2,1-2H3,(H,25,28)/b23-9-. The van der Waals surface area contributed by atoms with Crippen LogP contribution in [0.25, 0.3) is 11.0 Å². The van der Waals surface area contributed by atoms with Crippen LogP contribution in [0.1, 0.15) is 22.8 Å². The second kappa shape index (κ2) is 7.19. The van der Waals surface area contributed by atoms with Gasteiger partial charge in [-0.2, -0.15) is 23.5 Å². The normalized spacial score (nSPS) is 11.9. The molecule has 1 amide bonds. The summed E-state index contributed by atoms with van der Waals surface area (Å²) < 4.78 is 42.2. The Hall–Kier alpha value is -3.61. The quantitative estimate of drug-likeness (QED) is 0.551. The van der Waals surface area contributed by atoms with Gasteiger partial charge in [0.1, 0.15) is 18.3 Å². The Kier molecular flexibility index (Phi) is 4.92. The number of hydrogen-bond donors (Lipinski definition) is 1. The number of fused-ring (bicyclic) bond motifs is 1. The first-order valence-electron chi connectivity index (χ1n) is 8.13. The number of rotatable bonds is 4. The largest absolute Gasteiger partial charge is 0.449 e. The van der Waals surface area contributed by atoms with Crippen LogP contribution in [-0.4, -0.2) is 26.2 Å². The summed E-state index contributed by atoms with van der Waals surface area (Å²) in [6, 6.07) is 9.67. The highest BCUT2D eigenvalue weighted by Gasteiger charge is 2.37. The predicted molar refractivity (Wildman–Crippen MR) is 95.3 cm³/mol. The van der Waals surface area contributed by atoms with Gasteiger partial charge < -0.3 is 9.13 Å². The number of carbonyl (C=O) groups excluding carboxylic acids is 1. The number of hydrazone groups is 1. The van der Waals surface area contributed by atoms with Crippen molar-refractivity contribution in [1.29, 1.82) is 5.26 Å². The highest BCUT2D eigenvalue weighted by molar-refractivity contribution is 5.85. The lowest BCUT2D eigenvalue weighted by Gasteiger charge is -2.10. The van der Waals surface area contributed by atoms with Gasteiger partial charge in [0.05, 0.1) is 17.2 Å². The van der Waals surface area contributed by atoms with Crippen LogP contribution < -0.4 is 5.43 Å². The fraction of sp³-hybridized carbons (Fsp3) is 0.222. The van der Waals surface area contributed by atoms with Crippen molar-refractivity contribution < 1.29 is 18.0 Å². The van der Waals surface area contributed by atoms with Crippen LogP contribution in [0.15, 0.2) is 35.4 Å². The smallest absolute Gasteiger partial charge is 0.339 e. The molecule has 0 fully saturated rings. The number of hydrogen-bond acceptors (Lipinski definition) is 4. The maximum atomic E-state index is 13.3. The molecule has 2 aromatic heterocycles. The molecule has 0 aliphatic carbocycles. The van der Waals surface area contributed by atoms with Crippen molar-refractivity contribution >= 4 is 23.2 Å². The number of nitrogens with zero attached hydrogens (tertiary/aromatic N) is 5. The summed E-state index contributed by atoms with van der Waals surface area (Å²) in [6.07, 6.45) is -3.36. The molecule has 28 heavy (non-hydrogen) atoms. The minimum absolute atomic E-state index is 0.148. The van der Waals surface area contributed by atoms with E-state index in [-0.39, 0.29) is 11.0 Å². The minimum Gasteiger partial charge on any atom is -0.339 e. The third kappa shape index (κ3) is 3.59. The van der Waals surface area contributed by atoms with Gasteiger partial charge in [-0.25, -0.2) is 10.4 Å². The van der Waals surface area contributed by atoms with E-state index < -0.39 is 24.5 Å². The van der Waals surface area contributed by atoms with Crippen molar-refractivity contribution in [3.05, 3.63) is 53.1 Å². The Bertz CT molecular complexity index is 1120. The van der Waals surface area contributed by atoms with Crippen LogP contribution in [0.4, 0.5) is 13.2 Å². The molecule has 3 rings (SSSR count). The number of halogens is 3. The van der Waals surface area contributed by atoms with Crippen LogP contribution in [0.3, 0.4) is 0 Å². The van der Waals surface area contributed by atoms with Crippen LogP contribution in [0.2, 0.25) is 0 Å². The van der Waals surface area contributed by atoms with Gasteiger partial charge in [0, 0.05) is 18.3 Å². The van der Waals surface area contributed by atoms with Crippen molar-refractivity contribution in [1.82, 2.24) is 19.5 Å². The molecule has 0 spiro atoms. The monoisotopic (exact) mass is 388 g/mol. The molecular formula is C18H15F3N6O. The molecule has 0 bridgehead atoms. The van der Waals surface area contributed by atoms with Gasteiger partial charge in [0.15, 0.2) is 0 Å². The predicted octanol–water partition coefficient (Wildman–Crippen LogP) is 2.72. The van der Waals surface area contributed by atoms with E-state index in [4.69, 9.17) is 5.26 Å². The van der Waals surface area contributed by atoms with E-state index in [1.807, 2.05) is 6.07 Å². The number of para-hydroxylation sites is 2. The summed E-state index contributed by atoms with van der Waals surface area (Å²) >= 11 is 0. The number of aromatic nitrogens is 3. The van der Waals surface area contributed by atoms with Crippen LogP contribution in [0.5, 0.6) is 0 Å². The van der Waals surface area contributed by atoms with E-state index in [1.54, 1.807) is 36.7 Å². The van der Waals surface area contributed by atoms with E-state index in [0.29, 0.717) is 11.3 Å². The lowest BCUT2D eigenvalue weighted by Crippen LogP contribution is -2.26. The first-order chi connectivity index (χ1) is 13.2. The molecule has 0 saturated carbocycles. The molecule has 0 atom stereocenters. The lowest BCUT2D eigenvalue weighted by molar-refractivity contribution is -0.147. The van der Waals surface area contributed by atoms with E-state index in [0.717, 1.165) is 10.3 Å². The zero-order valence-electron chi connectivity index (χ0n) is 14.9. The average molecular weight is 388 g/mol. The number of imidazole rings is 1. The van der Waals surface area contributed by atoms with Gasteiger partial charge >= 0.3 is 6.18 Å². The van der Waals surface area contributed by atoms with Crippen LogP contribution in [-0.2, 0) is 24.6 Å². The summed E-state index contributed by atoms with van der Waals surface area (Å²) in [5, 5.41) is 12.8. The van der Waals surface area contributed by atoms with Crippen molar-refractivity contribution in [3.8, 4) is 6.07 Å². The molecule has 2 heterocycles. The summed E-state index contributed by atoms with van der Waals surface area (Å²) in [6.45, 7) is 1.18. The van der Waals surface area contributed by atoms with Gasteiger partial charge in [-0.1, -0.05) is 12.1 Å². The van der Waals surface area contributed by atoms with Crippen molar-refractivity contribution in [3.63, 3.8) is 0 Å². The maximum Gasteiger partial charge on any atom is 0.449 e. The number of nitriles is 1. The molecule has 0 unspecified atom stereocenters. The average Bonchev–Trinajstić information content (AvgIpc) is 3.14. The maximum absolute atomic E-state index is 13.3.